The van der Waals surface area contributed by atoms with Gasteiger partial charge >= 0.3 is 5.69 Å². The number of likely N-dealkylation sites (N-methyl/N-ethyl adjacent to an activating group) is 1. The highest BCUT2D eigenvalue weighted by molar-refractivity contribution is 7.10. The topological polar surface area (TPSA) is 113 Å². The molecule has 0 spiro atoms. The summed E-state index contributed by atoms with van der Waals surface area (Å²) in [6, 6.07) is 13.2. The number of rotatable bonds is 8. The van der Waals surface area contributed by atoms with Crippen LogP contribution in [0.5, 0.6) is 0 Å². The molecule has 2 heterocycles. The summed E-state index contributed by atoms with van der Waals surface area (Å²) in [4.78, 5) is 42.5. The van der Waals surface area contributed by atoms with Crippen LogP contribution in [-0.2, 0) is 11.3 Å². The van der Waals surface area contributed by atoms with E-state index in [9.17, 15) is 14.4 Å². The number of carbonyl (C=O) groups is 1. The van der Waals surface area contributed by atoms with Gasteiger partial charge in [0.2, 0.25) is 5.91 Å². The van der Waals surface area contributed by atoms with Crippen molar-refractivity contribution in [2.75, 3.05) is 23.7 Å². The van der Waals surface area contributed by atoms with E-state index in [1.807, 2.05) is 54.8 Å². The van der Waals surface area contributed by atoms with Gasteiger partial charge in [0.1, 0.15) is 5.82 Å². The first-order valence-corrected chi connectivity index (χ1v) is 10.5. The number of nitrogens with zero attached hydrogens (tertiary/aromatic N) is 2. The summed E-state index contributed by atoms with van der Waals surface area (Å²) < 4.78 is 1.27. The maximum atomic E-state index is 12.9. The van der Waals surface area contributed by atoms with Crippen LogP contribution in [0.25, 0.3) is 0 Å². The Morgan fingerprint density at radius 2 is 1.97 bits per heavy atom. The molecule has 0 saturated carbocycles. The Bertz CT molecular complexity index is 1110. The number of carbonyl (C=O) groups excluding carboxylic acids is 1. The number of hydrogen-bond acceptors (Lipinski definition) is 6. The van der Waals surface area contributed by atoms with Gasteiger partial charge in [0.15, 0.2) is 5.69 Å². The molecule has 0 bridgehead atoms. The Kier molecular flexibility index (Phi) is 6.86. The summed E-state index contributed by atoms with van der Waals surface area (Å²) >= 11 is 1.60. The number of H-pyrrole nitrogens is 1. The van der Waals surface area contributed by atoms with Gasteiger partial charge in [0, 0.05) is 17.5 Å². The predicted molar refractivity (Wildman–Crippen MR) is 120 cm³/mol. The van der Waals surface area contributed by atoms with Crippen LogP contribution in [0.4, 0.5) is 11.5 Å². The lowest BCUT2D eigenvalue weighted by atomic mass is 10.2. The smallest absolute Gasteiger partial charge is 0.330 e. The molecule has 4 N–H and O–H groups in total. The van der Waals surface area contributed by atoms with Gasteiger partial charge in [-0.1, -0.05) is 36.4 Å². The van der Waals surface area contributed by atoms with Crippen LogP contribution >= 0.6 is 11.3 Å². The van der Waals surface area contributed by atoms with Crippen LogP contribution in [0.3, 0.4) is 0 Å². The normalized spacial score (nSPS) is 11.9. The molecule has 2 aromatic heterocycles. The SMILES string of the molecule is CCN(C(=O)CNC(C)c1cccs1)c1c(N)n(Cc2ccccc2)c(=O)[nH]c1=O. The summed E-state index contributed by atoms with van der Waals surface area (Å²) in [7, 11) is 0. The molecule has 0 radical (unpaired) electrons. The van der Waals surface area contributed by atoms with Crippen molar-refractivity contribution in [3.05, 3.63) is 79.1 Å². The monoisotopic (exact) mass is 427 g/mol. The highest BCUT2D eigenvalue weighted by atomic mass is 32.1. The minimum absolute atomic E-state index is 0.00433. The minimum Gasteiger partial charge on any atom is -0.383 e. The van der Waals surface area contributed by atoms with E-state index in [2.05, 4.69) is 10.3 Å². The first kappa shape index (κ1) is 21.5. The third-order valence-corrected chi connectivity index (χ3v) is 5.87. The molecule has 3 aromatic rings. The molecule has 0 aliphatic carbocycles. The van der Waals surface area contributed by atoms with E-state index >= 15 is 0 Å². The second-order valence-corrected chi connectivity index (χ2v) is 7.80. The number of amides is 1. The van der Waals surface area contributed by atoms with Crippen LogP contribution in [-0.4, -0.2) is 28.5 Å². The molecule has 158 valence electrons. The first-order chi connectivity index (χ1) is 14.4. The van der Waals surface area contributed by atoms with Crippen molar-refractivity contribution in [1.29, 1.82) is 0 Å². The van der Waals surface area contributed by atoms with Crippen molar-refractivity contribution in [1.82, 2.24) is 14.9 Å². The molecule has 1 amide bonds. The van der Waals surface area contributed by atoms with Crippen molar-refractivity contribution in [2.45, 2.75) is 26.4 Å². The summed E-state index contributed by atoms with van der Waals surface area (Å²) in [5.41, 5.74) is 5.76. The van der Waals surface area contributed by atoms with Crippen molar-refractivity contribution in [2.24, 2.45) is 0 Å². The number of benzene rings is 1. The zero-order chi connectivity index (χ0) is 21.7. The van der Waals surface area contributed by atoms with E-state index in [4.69, 9.17) is 5.73 Å². The zero-order valence-electron chi connectivity index (χ0n) is 16.9. The molecule has 8 nitrogen and oxygen atoms in total. The van der Waals surface area contributed by atoms with Gasteiger partial charge in [-0.2, -0.15) is 0 Å². The largest absolute Gasteiger partial charge is 0.383 e. The molecule has 0 saturated heterocycles. The first-order valence-electron chi connectivity index (χ1n) is 9.66. The lowest BCUT2D eigenvalue weighted by Crippen LogP contribution is -2.44. The average molecular weight is 428 g/mol. The molecular formula is C21H25N5O3S. The van der Waals surface area contributed by atoms with E-state index in [1.54, 1.807) is 18.3 Å². The fourth-order valence-corrected chi connectivity index (χ4v) is 3.95. The van der Waals surface area contributed by atoms with Crippen molar-refractivity contribution < 1.29 is 4.79 Å². The van der Waals surface area contributed by atoms with E-state index in [0.717, 1.165) is 10.4 Å². The number of hydrogen-bond donors (Lipinski definition) is 3. The number of aromatic nitrogens is 2. The average Bonchev–Trinajstić information content (AvgIpc) is 3.28. The molecule has 1 atom stereocenters. The third kappa shape index (κ3) is 4.69. The number of thiophene rings is 1. The van der Waals surface area contributed by atoms with Gasteiger partial charge < -0.3 is 16.0 Å². The second kappa shape index (κ2) is 9.55. The Balaban J connectivity index is 1.86. The highest BCUT2D eigenvalue weighted by Crippen LogP contribution is 2.20. The standard InChI is InChI=1S/C21H25N5O3S/c1-3-25(17(27)12-23-14(2)16-10-7-11-30-16)18-19(22)26(21(29)24-20(18)28)13-15-8-5-4-6-9-15/h4-11,14,23H,3,12-13,22H2,1-2H3,(H,24,28,29). The molecule has 1 unspecified atom stereocenters. The number of anilines is 2. The highest BCUT2D eigenvalue weighted by Gasteiger charge is 2.23. The molecule has 30 heavy (non-hydrogen) atoms. The van der Waals surface area contributed by atoms with Gasteiger partial charge in [0.05, 0.1) is 13.1 Å². The minimum atomic E-state index is -0.677. The summed E-state index contributed by atoms with van der Waals surface area (Å²) in [6.45, 7) is 4.19. The number of nitrogens with one attached hydrogen (secondary N) is 2. The van der Waals surface area contributed by atoms with Gasteiger partial charge in [0.25, 0.3) is 5.56 Å². The number of aromatic amines is 1. The Morgan fingerprint density at radius 3 is 2.60 bits per heavy atom. The van der Waals surface area contributed by atoms with Gasteiger partial charge in [-0.3, -0.25) is 19.1 Å². The van der Waals surface area contributed by atoms with Crippen molar-refractivity contribution >= 4 is 28.7 Å². The van der Waals surface area contributed by atoms with Gasteiger partial charge in [-0.25, -0.2) is 4.79 Å². The van der Waals surface area contributed by atoms with Crippen LogP contribution in [0.15, 0.2) is 57.4 Å². The number of nitrogen functional groups attached to an aromatic ring is 1. The van der Waals surface area contributed by atoms with Crippen molar-refractivity contribution in [3.63, 3.8) is 0 Å². The number of nitrogens with two attached hydrogens (primary N) is 1. The summed E-state index contributed by atoms with van der Waals surface area (Å²) in [5, 5.41) is 5.15. The van der Waals surface area contributed by atoms with Crippen LogP contribution in [0, 0.1) is 0 Å². The molecule has 0 aliphatic rings. The Morgan fingerprint density at radius 1 is 1.23 bits per heavy atom. The van der Waals surface area contributed by atoms with Crippen LogP contribution in [0.2, 0.25) is 0 Å². The fraction of sp³-hybridized carbons (Fsp3) is 0.286. The van der Waals surface area contributed by atoms with Gasteiger partial charge in [-0.15, -0.1) is 11.3 Å². The van der Waals surface area contributed by atoms with Gasteiger partial charge in [-0.05, 0) is 30.9 Å². The Hall–Kier alpha value is -3.17. The maximum Gasteiger partial charge on any atom is 0.330 e. The third-order valence-electron chi connectivity index (χ3n) is 4.81. The second-order valence-electron chi connectivity index (χ2n) is 6.82. The quantitative estimate of drug-likeness (QED) is 0.508. The van der Waals surface area contributed by atoms with E-state index in [1.165, 1.54) is 9.47 Å². The Labute approximate surface area is 178 Å². The summed E-state index contributed by atoms with van der Waals surface area (Å²) in [6.07, 6.45) is 0. The molecule has 0 aliphatic heterocycles. The summed E-state index contributed by atoms with van der Waals surface area (Å²) in [5.74, 6) is -0.336. The maximum absolute atomic E-state index is 12.9. The predicted octanol–water partition coefficient (Wildman–Crippen LogP) is 1.93. The fourth-order valence-electron chi connectivity index (χ4n) is 3.19. The zero-order valence-corrected chi connectivity index (χ0v) is 17.7. The van der Waals surface area contributed by atoms with E-state index in [0.29, 0.717) is 0 Å². The van der Waals surface area contributed by atoms with Crippen LogP contribution in [0.1, 0.15) is 30.3 Å². The lowest BCUT2D eigenvalue weighted by Gasteiger charge is -2.24. The molecular weight excluding hydrogens is 402 g/mol. The molecule has 3 rings (SSSR count). The van der Waals surface area contributed by atoms with Crippen LogP contribution < -0.4 is 27.2 Å². The molecule has 9 heteroatoms. The van der Waals surface area contributed by atoms with E-state index in [-0.39, 0.29) is 43.1 Å². The van der Waals surface area contributed by atoms with E-state index < -0.39 is 11.2 Å². The molecule has 0 fully saturated rings. The molecule has 1 aromatic carbocycles. The van der Waals surface area contributed by atoms with Crippen molar-refractivity contribution in [3.8, 4) is 0 Å². The lowest BCUT2D eigenvalue weighted by molar-refractivity contribution is -0.117.